The van der Waals surface area contributed by atoms with Gasteiger partial charge in [0.15, 0.2) is 29.8 Å². The van der Waals surface area contributed by atoms with Gasteiger partial charge in [0.1, 0.15) is 12.1 Å². The minimum absolute atomic E-state index is 0.0578. The lowest BCUT2D eigenvalue weighted by molar-refractivity contribution is -0.134. The van der Waals surface area contributed by atoms with Crippen LogP contribution in [0.3, 0.4) is 0 Å². The van der Waals surface area contributed by atoms with Gasteiger partial charge in [-0.3, -0.25) is 0 Å². The molecule has 0 fully saturated rings. The van der Waals surface area contributed by atoms with Gasteiger partial charge in [0, 0.05) is 16.7 Å². The second kappa shape index (κ2) is 17.5. The van der Waals surface area contributed by atoms with Gasteiger partial charge >= 0.3 is 24.1 Å². The van der Waals surface area contributed by atoms with Crippen LogP contribution in [0.2, 0.25) is 0 Å². The molecule has 0 saturated carbocycles. The molecule has 0 unspecified atom stereocenters. The number of carbonyl (C=O) groups excluding carboxylic acids is 2. The minimum Gasteiger partial charge on any atom is -0.463 e. The predicted octanol–water partition coefficient (Wildman–Crippen LogP) is 10.0. The van der Waals surface area contributed by atoms with Crippen LogP contribution < -0.4 is 9.47 Å². The first-order valence-electron chi connectivity index (χ1n) is 13.3. The summed E-state index contributed by atoms with van der Waals surface area (Å²) in [5, 5.41) is 0. The van der Waals surface area contributed by atoms with Gasteiger partial charge in [0.2, 0.25) is 0 Å². The summed E-state index contributed by atoms with van der Waals surface area (Å²) in [5.74, 6) is -2.87. The first kappa shape index (κ1) is 37.2. The Morgan fingerprint density at radius 3 is 1.83 bits per heavy atom. The summed E-state index contributed by atoms with van der Waals surface area (Å²) in [4.78, 5) is 23.8. The molecule has 2 aromatic rings. The number of ether oxygens (including phenoxy) is 4. The number of rotatable bonds is 15. The van der Waals surface area contributed by atoms with E-state index in [0.717, 1.165) is 6.26 Å². The molecule has 0 aliphatic heterocycles. The summed E-state index contributed by atoms with van der Waals surface area (Å²) in [6, 6.07) is 8.30. The molecular weight excluding hydrogens is 623 g/mol. The quantitative estimate of drug-likeness (QED) is 0.0476. The molecular formula is C36H29F5O6. The van der Waals surface area contributed by atoms with Gasteiger partial charge in [-0.15, -0.1) is 0 Å². The smallest absolute Gasteiger partial charge is 0.338 e. The van der Waals surface area contributed by atoms with Crippen molar-refractivity contribution in [1.82, 2.24) is 0 Å². The van der Waals surface area contributed by atoms with Crippen molar-refractivity contribution >= 4 is 17.5 Å². The maximum Gasteiger partial charge on any atom is 0.338 e. The van der Waals surface area contributed by atoms with Crippen molar-refractivity contribution in [1.29, 1.82) is 0 Å². The Morgan fingerprint density at radius 1 is 0.681 bits per heavy atom. The summed E-state index contributed by atoms with van der Waals surface area (Å²) < 4.78 is 84.8. The van der Waals surface area contributed by atoms with Gasteiger partial charge in [-0.1, -0.05) is 69.3 Å². The molecule has 0 N–H and O–H groups in total. The van der Waals surface area contributed by atoms with Gasteiger partial charge in [-0.2, -0.15) is 17.6 Å². The highest BCUT2D eigenvalue weighted by molar-refractivity contribution is 5.89. The summed E-state index contributed by atoms with van der Waals surface area (Å²) in [6.07, 6.45) is 2.45. The summed E-state index contributed by atoms with van der Waals surface area (Å²) in [7, 11) is 0. The van der Waals surface area contributed by atoms with E-state index in [0.29, 0.717) is 22.3 Å². The number of allylic oxidation sites excluding steroid dienone is 7. The zero-order chi connectivity index (χ0) is 35.3. The van der Waals surface area contributed by atoms with E-state index in [9.17, 15) is 27.2 Å². The lowest BCUT2D eigenvalue weighted by atomic mass is 9.99. The Bertz CT molecular complexity index is 1770. The van der Waals surface area contributed by atoms with Crippen molar-refractivity contribution in [2.45, 2.75) is 13.8 Å². The Labute approximate surface area is 268 Å². The van der Waals surface area contributed by atoms with Gasteiger partial charge in [0.25, 0.3) is 0 Å². The monoisotopic (exact) mass is 652 g/mol. The first-order chi connectivity index (χ1) is 22.1. The summed E-state index contributed by atoms with van der Waals surface area (Å²) >= 11 is 0. The number of halogens is 5. The first-order valence-corrected chi connectivity index (χ1v) is 13.3. The van der Waals surface area contributed by atoms with Crippen LogP contribution in [0.5, 0.6) is 11.5 Å². The van der Waals surface area contributed by atoms with Gasteiger partial charge < -0.3 is 18.9 Å². The van der Waals surface area contributed by atoms with E-state index in [1.807, 2.05) is 0 Å². The van der Waals surface area contributed by atoms with Crippen LogP contribution in [-0.2, 0) is 19.1 Å². The zero-order valence-electron chi connectivity index (χ0n) is 25.4. The van der Waals surface area contributed by atoms with Gasteiger partial charge in [0.05, 0.1) is 0 Å². The fraction of sp³-hybridized carbons (Fsp3) is 0.0556. The Hall–Kier alpha value is -5.97. The zero-order valence-corrected chi connectivity index (χ0v) is 25.4. The lowest BCUT2D eigenvalue weighted by Gasteiger charge is -2.12. The molecule has 2 aromatic carbocycles. The molecule has 0 saturated heterocycles. The number of carbonyl (C=O) groups is 2. The second-order valence-corrected chi connectivity index (χ2v) is 9.53. The molecule has 0 amide bonds. The van der Waals surface area contributed by atoms with Crippen molar-refractivity contribution in [2.75, 3.05) is 0 Å². The molecule has 244 valence electrons. The fourth-order valence-electron chi connectivity index (χ4n) is 3.25. The standard InChI is InChI=1S/C36H29F5O6/c1-21(2)35(42)46-28(18-44-19-33(38)39)13-10-24(6)23(5)8-9-25(7)29-14-11-26(16-30(29)37)27-12-15-31(47-36(43)22(3)4)32(17-27)45-20-34(40)41/h8-20H,1,3,5-7H2,2,4H3/b9-8-,13-10-,28-18-. The molecule has 0 heterocycles. The Kier molecular flexibility index (Phi) is 13.9. The van der Waals surface area contributed by atoms with Crippen LogP contribution in [0.1, 0.15) is 19.4 Å². The number of benzene rings is 2. The van der Waals surface area contributed by atoms with Crippen molar-refractivity contribution in [3.05, 3.63) is 164 Å². The van der Waals surface area contributed by atoms with Crippen LogP contribution in [0.25, 0.3) is 16.7 Å². The molecule has 0 radical (unpaired) electrons. The third-order valence-corrected chi connectivity index (χ3v) is 5.67. The van der Waals surface area contributed by atoms with Gasteiger partial charge in [-0.25, -0.2) is 14.0 Å². The molecule has 0 aliphatic rings. The molecule has 11 heteroatoms. The van der Waals surface area contributed by atoms with Crippen LogP contribution in [0.15, 0.2) is 153 Å². The van der Waals surface area contributed by atoms with Crippen LogP contribution in [-0.4, -0.2) is 11.9 Å². The topological polar surface area (TPSA) is 71.1 Å². The van der Waals surface area contributed by atoms with Crippen LogP contribution in [0, 0.1) is 5.82 Å². The highest BCUT2D eigenvalue weighted by Crippen LogP contribution is 2.35. The second-order valence-electron chi connectivity index (χ2n) is 9.53. The maximum atomic E-state index is 15.2. The van der Waals surface area contributed by atoms with Gasteiger partial charge in [-0.05, 0) is 66.0 Å². The fourth-order valence-corrected chi connectivity index (χ4v) is 3.25. The normalized spacial score (nSPS) is 11.0. The van der Waals surface area contributed by atoms with E-state index in [2.05, 4.69) is 37.6 Å². The number of esters is 2. The maximum absolute atomic E-state index is 15.2. The lowest BCUT2D eigenvalue weighted by Crippen LogP contribution is -2.09. The predicted molar refractivity (Wildman–Crippen MR) is 169 cm³/mol. The SMILES string of the molecule is C=C(C)C(=O)OC(/C=C\C(=C)C(=C)/C=C\C(=C)c1ccc(-c2ccc(OC(=O)C(=C)C)c(OC=C(F)F)c2)cc1F)=C\OC=C(F)F. The minimum atomic E-state index is -2.13. The van der Waals surface area contributed by atoms with Crippen LogP contribution >= 0.6 is 0 Å². The van der Waals surface area contributed by atoms with Crippen molar-refractivity contribution in [2.24, 2.45) is 0 Å². The van der Waals surface area contributed by atoms with Crippen molar-refractivity contribution in [3.8, 4) is 22.6 Å². The Morgan fingerprint density at radius 2 is 1.26 bits per heavy atom. The molecule has 0 atom stereocenters. The molecule has 6 nitrogen and oxygen atoms in total. The molecule has 2 rings (SSSR count). The highest BCUT2D eigenvalue weighted by atomic mass is 19.3. The van der Waals surface area contributed by atoms with E-state index in [1.54, 1.807) is 6.07 Å². The largest absolute Gasteiger partial charge is 0.463 e. The molecule has 47 heavy (non-hydrogen) atoms. The van der Waals surface area contributed by atoms with Crippen LogP contribution in [0.4, 0.5) is 22.0 Å². The summed E-state index contributed by atoms with van der Waals surface area (Å²) in [5.41, 5.74) is 1.89. The highest BCUT2D eigenvalue weighted by Gasteiger charge is 2.15. The van der Waals surface area contributed by atoms with E-state index >= 15 is 4.39 Å². The van der Waals surface area contributed by atoms with E-state index in [4.69, 9.17) is 14.2 Å². The third kappa shape index (κ3) is 12.1. The van der Waals surface area contributed by atoms with E-state index < -0.39 is 29.9 Å². The van der Waals surface area contributed by atoms with Crippen molar-refractivity contribution < 1.29 is 50.5 Å². The molecule has 0 aliphatic carbocycles. The average Bonchev–Trinajstić information content (AvgIpc) is 3.00. The Balaban J connectivity index is 2.24. The molecule has 0 aromatic heterocycles. The van der Waals surface area contributed by atoms with E-state index in [-0.39, 0.29) is 52.1 Å². The van der Waals surface area contributed by atoms with E-state index in [1.165, 1.54) is 68.5 Å². The van der Waals surface area contributed by atoms with Crippen molar-refractivity contribution in [3.63, 3.8) is 0 Å². The summed E-state index contributed by atoms with van der Waals surface area (Å²) in [6.45, 7) is 21.3. The molecule has 0 bridgehead atoms. The third-order valence-electron chi connectivity index (χ3n) is 5.67. The number of hydrogen-bond acceptors (Lipinski definition) is 6. The number of hydrogen-bond donors (Lipinski definition) is 0. The average molecular weight is 653 g/mol. The molecule has 0 spiro atoms.